The monoisotopic (exact) mass is 649 g/mol. The first-order valence-electron chi connectivity index (χ1n) is 15.5. The molecular weight excluding hydrogens is 611 g/mol. The van der Waals surface area contributed by atoms with Gasteiger partial charge >= 0.3 is 18.2 Å². The highest BCUT2D eigenvalue weighted by molar-refractivity contribution is 5.86. The van der Waals surface area contributed by atoms with Crippen molar-refractivity contribution in [1.29, 1.82) is 0 Å². The minimum absolute atomic E-state index is 0.0915. The number of rotatable bonds is 10. The van der Waals surface area contributed by atoms with Crippen LogP contribution in [0.25, 0.3) is 11.1 Å². The number of hydrogen-bond acceptors (Lipinski definition) is 5. The van der Waals surface area contributed by atoms with Gasteiger partial charge in [-0.25, -0.2) is 4.79 Å². The van der Waals surface area contributed by atoms with Crippen LogP contribution in [0.2, 0.25) is 0 Å². The summed E-state index contributed by atoms with van der Waals surface area (Å²) in [4.78, 5) is 43.6. The van der Waals surface area contributed by atoms with Gasteiger partial charge in [-0.05, 0) is 66.3 Å². The van der Waals surface area contributed by atoms with Gasteiger partial charge in [0.05, 0.1) is 12.1 Å². The van der Waals surface area contributed by atoms with Crippen molar-refractivity contribution >= 4 is 18.0 Å². The number of ether oxygens (including phenoxy) is 1. The third-order valence-corrected chi connectivity index (χ3v) is 8.84. The van der Waals surface area contributed by atoms with Crippen molar-refractivity contribution in [2.75, 3.05) is 40.3 Å². The molecule has 1 heterocycles. The number of fused-ring (bicyclic) bond motifs is 3. The SMILES string of the molecule is CN(CC(=O)O)C[C@H](Cc1ccc(C(F)(F)F)cc1)N1CC/C=C\C[C@H](N(C)C(=O)OCC2c3ccccc3-c3ccccc32)C1=O. The first-order valence-corrected chi connectivity index (χ1v) is 15.5. The van der Waals surface area contributed by atoms with Crippen LogP contribution in [0.4, 0.5) is 18.0 Å². The van der Waals surface area contributed by atoms with Crippen molar-refractivity contribution in [2.24, 2.45) is 0 Å². The Morgan fingerprint density at radius 3 is 2.17 bits per heavy atom. The number of carboxylic acid groups (broad SMARTS) is 1. The zero-order chi connectivity index (χ0) is 33.7. The topological polar surface area (TPSA) is 90.4 Å². The number of alkyl halides is 3. The fourth-order valence-electron chi connectivity index (χ4n) is 6.50. The van der Waals surface area contributed by atoms with E-state index < -0.39 is 35.9 Å². The summed E-state index contributed by atoms with van der Waals surface area (Å²) in [5.74, 6) is -1.54. The van der Waals surface area contributed by atoms with E-state index in [9.17, 15) is 32.7 Å². The van der Waals surface area contributed by atoms with E-state index in [1.807, 2.05) is 60.7 Å². The molecule has 0 saturated carbocycles. The maximum absolute atomic E-state index is 14.2. The molecule has 0 radical (unpaired) electrons. The molecule has 47 heavy (non-hydrogen) atoms. The first-order chi connectivity index (χ1) is 22.4. The van der Waals surface area contributed by atoms with Crippen LogP contribution in [-0.4, -0.2) is 90.2 Å². The molecule has 2 amide bonds. The summed E-state index contributed by atoms with van der Waals surface area (Å²) in [7, 11) is 3.14. The number of likely N-dealkylation sites (N-methyl/N-ethyl adjacent to an activating group) is 2. The van der Waals surface area contributed by atoms with Crippen LogP contribution in [0, 0.1) is 0 Å². The molecule has 0 bridgehead atoms. The van der Waals surface area contributed by atoms with Gasteiger partial charge in [-0.1, -0.05) is 72.8 Å². The number of amides is 2. The first kappa shape index (κ1) is 33.7. The molecule has 8 nitrogen and oxygen atoms in total. The molecule has 1 N–H and O–H groups in total. The summed E-state index contributed by atoms with van der Waals surface area (Å²) in [5.41, 5.74) is 4.12. The van der Waals surface area contributed by atoms with Crippen molar-refractivity contribution in [3.05, 3.63) is 107 Å². The zero-order valence-corrected chi connectivity index (χ0v) is 26.3. The molecule has 2 aliphatic rings. The van der Waals surface area contributed by atoms with Crippen LogP contribution < -0.4 is 0 Å². The Kier molecular flexibility index (Phi) is 10.3. The second-order valence-corrected chi connectivity index (χ2v) is 12.1. The fraction of sp³-hybridized carbons (Fsp3) is 0.361. The lowest BCUT2D eigenvalue weighted by molar-refractivity contribution is -0.140. The van der Waals surface area contributed by atoms with Crippen molar-refractivity contribution in [3.63, 3.8) is 0 Å². The Labute approximate surface area is 272 Å². The van der Waals surface area contributed by atoms with Crippen molar-refractivity contribution in [1.82, 2.24) is 14.7 Å². The van der Waals surface area contributed by atoms with Crippen molar-refractivity contribution < 1.29 is 37.4 Å². The fourth-order valence-corrected chi connectivity index (χ4v) is 6.50. The van der Waals surface area contributed by atoms with Gasteiger partial charge in [-0.15, -0.1) is 0 Å². The van der Waals surface area contributed by atoms with Gasteiger partial charge in [0, 0.05) is 32.1 Å². The lowest BCUT2D eigenvalue weighted by Gasteiger charge is -2.39. The van der Waals surface area contributed by atoms with Crippen LogP contribution in [0.15, 0.2) is 84.9 Å². The van der Waals surface area contributed by atoms with Gasteiger partial charge < -0.3 is 14.7 Å². The van der Waals surface area contributed by atoms with Gasteiger partial charge in [-0.3, -0.25) is 19.4 Å². The van der Waals surface area contributed by atoms with Crippen molar-refractivity contribution in [3.8, 4) is 11.1 Å². The lowest BCUT2D eigenvalue weighted by atomic mass is 9.98. The highest BCUT2D eigenvalue weighted by Crippen LogP contribution is 2.44. The quantitative estimate of drug-likeness (QED) is 0.269. The summed E-state index contributed by atoms with van der Waals surface area (Å²) >= 11 is 0. The molecule has 11 heteroatoms. The summed E-state index contributed by atoms with van der Waals surface area (Å²) in [6.07, 6.45) is -0.391. The van der Waals surface area contributed by atoms with E-state index in [1.54, 1.807) is 16.8 Å². The van der Waals surface area contributed by atoms with Crippen LogP contribution >= 0.6 is 0 Å². The molecule has 5 rings (SSSR count). The maximum Gasteiger partial charge on any atom is 0.416 e. The van der Waals surface area contributed by atoms with E-state index in [1.165, 1.54) is 24.1 Å². The minimum Gasteiger partial charge on any atom is -0.480 e. The number of carboxylic acids is 1. The standard InChI is InChI=1S/C36H38F3N3O5/c1-40(22-33(43)44)21-26(20-24-15-17-25(18-16-24)36(37,38)39)42-19-9-3-4-14-32(34(42)45)41(2)35(46)47-23-31-29-12-7-5-10-27(29)28-11-6-8-13-30(28)31/h3-8,10-13,15-18,26,31-32H,9,14,19-23H2,1-2H3,(H,43,44)/b4-3-/t26-,32-/m0/s1. The Hall–Kier alpha value is -4.64. The van der Waals surface area contributed by atoms with Crippen LogP contribution in [0.3, 0.4) is 0 Å². The molecule has 248 valence electrons. The van der Waals surface area contributed by atoms with Gasteiger partial charge in [0.1, 0.15) is 12.6 Å². The molecule has 3 aromatic carbocycles. The van der Waals surface area contributed by atoms with E-state index >= 15 is 0 Å². The zero-order valence-electron chi connectivity index (χ0n) is 26.3. The Morgan fingerprint density at radius 2 is 1.57 bits per heavy atom. The van der Waals surface area contributed by atoms with Gasteiger partial charge in [-0.2, -0.15) is 13.2 Å². The van der Waals surface area contributed by atoms with Gasteiger partial charge in [0.2, 0.25) is 5.91 Å². The molecule has 1 aliphatic carbocycles. The summed E-state index contributed by atoms with van der Waals surface area (Å²) in [6.45, 7) is 0.253. The van der Waals surface area contributed by atoms with Crippen LogP contribution in [0.5, 0.6) is 0 Å². The van der Waals surface area contributed by atoms with Crippen LogP contribution in [0.1, 0.15) is 41.0 Å². The average molecular weight is 650 g/mol. The highest BCUT2D eigenvalue weighted by atomic mass is 19.4. The number of halogens is 3. The number of benzene rings is 3. The summed E-state index contributed by atoms with van der Waals surface area (Å²) in [5, 5.41) is 9.36. The summed E-state index contributed by atoms with van der Waals surface area (Å²) < 4.78 is 45.4. The minimum atomic E-state index is -4.48. The van der Waals surface area contributed by atoms with Gasteiger partial charge in [0.15, 0.2) is 0 Å². The van der Waals surface area contributed by atoms with E-state index in [-0.39, 0.29) is 50.9 Å². The molecule has 0 unspecified atom stereocenters. The molecule has 3 aromatic rings. The second-order valence-electron chi connectivity index (χ2n) is 12.1. The van der Waals surface area contributed by atoms with E-state index in [2.05, 4.69) is 0 Å². The molecule has 0 spiro atoms. The molecular formula is C36H38F3N3O5. The normalized spacial score (nSPS) is 17.8. The Bertz CT molecular complexity index is 1580. The summed E-state index contributed by atoms with van der Waals surface area (Å²) in [6, 6.07) is 19.3. The van der Waals surface area contributed by atoms with E-state index in [4.69, 9.17) is 4.74 Å². The predicted molar refractivity (Wildman–Crippen MR) is 171 cm³/mol. The van der Waals surface area contributed by atoms with Gasteiger partial charge in [0.25, 0.3) is 0 Å². The number of aliphatic carboxylic acids is 1. The smallest absolute Gasteiger partial charge is 0.416 e. The molecule has 0 fully saturated rings. The molecule has 0 saturated heterocycles. The predicted octanol–water partition coefficient (Wildman–Crippen LogP) is 6.06. The Balaban J connectivity index is 1.34. The Morgan fingerprint density at radius 1 is 0.957 bits per heavy atom. The molecule has 0 aromatic heterocycles. The largest absolute Gasteiger partial charge is 0.480 e. The second kappa shape index (κ2) is 14.4. The molecule has 2 atom stereocenters. The average Bonchev–Trinajstić information content (AvgIpc) is 3.34. The van der Waals surface area contributed by atoms with Crippen molar-refractivity contribution in [2.45, 2.75) is 43.4 Å². The maximum atomic E-state index is 14.2. The number of nitrogens with zero attached hydrogens (tertiary/aromatic N) is 3. The van der Waals surface area contributed by atoms with E-state index in [0.717, 1.165) is 34.4 Å². The number of carbonyl (C=O) groups excluding carboxylic acids is 2. The number of hydrogen-bond donors (Lipinski definition) is 1. The van der Waals surface area contributed by atoms with E-state index in [0.29, 0.717) is 12.0 Å². The molecule has 1 aliphatic heterocycles. The van der Waals surface area contributed by atoms with Crippen LogP contribution in [-0.2, 0) is 26.9 Å². The highest BCUT2D eigenvalue weighted by Gasteiger charge is 2.37. The third-order valence-electron chi connectivity index (χ3n) is 8.84. The third kappa shape index (κ3) is 7.85. The lowest BCUT2D eigenvalue weighted by Crippen LogP contribution is -2.56. The number of carbonyl (C=O) groups is 3.